The summed E-state index contributed by atoms with van der Waals surface area (Å²) in [6.45, 7) is -0.743. The number of fused-ring (bicyclic) bond motifs is 2. The number of primary amides is 1. The molecule has 0 saturated heterocycles. The maximum Gasteiger partial charge on any atom is 0.424 e. The van der Waals surface area contributed by atoms with Crippen molar-refractivity contribution in [2.45, 2.75) is 49.2 Å². The van der Waals surface area contributed by atoms with Gasteiger partial charge in [-0.1, -0.05) is 0 Å². The lowest BCUT2D eigenvalue weighted by molar-refractivity contribution is -0.265. The summed E-state index contributed by atoms with van der Waals surface area (Å²) in [4.78, 5) is 29.5. The van der Waals surface area contributed by atoms with Crippen molar-refractivity contribution in [3.8, 4) is 22.8 Å². The van der Waals surface area contributed by atoms with Crippen LogP contribution in [-0.4, -0.2) is 58.1 Å². The van der Waals surface area contributed by atoms with Crippen LogP contribution >= 0.6 is 11.3 Å². The number of thiophene rings is 1. The Morgan fingerprint density at radius 1 is 1.20 bits per heavy atom. The summed E-state index contributed by atoms with van der Waals surface area (Å²) in [5, 5.41) is 20.0. The van der Waals surface area contributed by atoms with Crippen molar-refractivity contribution >= 4 is 34.1 Å². The Kier molecular flexibility index (Phi) is 7.27. The van der Waals surface area contributed by atoms with E-state index in [-0.39, 0.29) is 28.7 Å². The summed E-state index contributed by atoms with van der Waals surface area (Å²) < 4.78 is 98.3. The van der Waals surface area contributed by atoms with E-state index in [0.29, 0.717) is 22.2 Å². The smallest absolute Gasteiger partial charge is 0.424 e. The van der Waals surface area contributed by atoms with Crippen LogP contribution < -0.4 is 20.5 Å². The minimum absolute atomic E-state index is 0.102. The molecular weight excluding hydrogens is 644 g/mol. The van der Waals surface area contributed by atoms with Crippen LogP contribution in [0.1, 0.15) is 53.0 Å². The molecule has 4 heterocycles. The zero-order chi connectivity index (χ0) is 33.4. The number of methoxy groups -OCH3 is 1. The summed E-state index contributed by atoms with van der Waals surface area (Å²) in [6.07, 6.45) is -6.90. The molecular formula is C29H25F6N5O5S. The molecule has 0 unspecified atom stereocenters. The monoisotopic (exact) mass is 669 g/mol. The van der Waals surface area contributed by atoms with E-state index in [2.05, 4.69) is 15.4 Å². The van der Waals surface area contributed by atoms with Gasteiger partial charge in [-0.3, -0.25) is 14.3 Å². The predicted molar refractivity (Wildman–Crippen MR) is 151 cm³/mol. The first kappa shape index (κ1) is 31.6. The molecule has 1 aliphatic heterocycles. The van der Waals surface area contributed by atoms with Gasteiger partial charge in [0.15, 0.2) is 0 Å². The van der Waals surface area contributed by atoms with Crippen molar-refractivity contribution < 1.29 is 50.5 Å². The van der Waals surface area contributed by atoms with E-state index in [1.165, 1.54) is 26.2 Å². The number of nitrogens with zero attached hydrogens (tertiary/aromatic N) is 3. The number of aliphatic hydroxyl groups is 1. The lowest BCUT2D eigenvalue weighted by Crippen LogP contribution is -2.51. The van der Waals surface area contributed by atoms with E-state index in [9.17, 15) is 41.0 Å². The first-order chi connectivity index (χ1) is 21.5. The van der Waals surface area contributed by atoms with Gasteiger partial charge < -0.3 is 25.6 Å². The number of hydrogen-bond acceptors (Lipinski definition) is 8. The summed E-state index contributed by atoms with van der Waals surface area (Å²) >= 11 is 0.615. The second-order valence-electron chi connectivity index (χ2n) is 11.4. The molecule has 0 radical (unpaired) electrons. The van der Waals surface area contributed by atoms with E-state index in [1.54, 1.807) is 10.9 Å². The summed E-state index contributed by atoms with van der Waals surface area (Å²) in [5.74, 6) is -2.24. The molecule has 244 valence electrons. The summed E-state index contributed by atoms with van der Waals surface area (Å²) in [6, 6.07) is 3.61. The number of ether oxygens (including phenoxy) is 2. The Morgan fingerprint density at radius 3 is 2.52 bits per heavy atom. The van der Waals surface area contributed by atoms with E-state index >= 15 is 0 Å². The van der Waals surface area contributed by atoms with Crippen LogP contribution in [0.2, 0.25) is 0 Å². The molecule has 2 amide bonds. The highest BCUT2D eigenvalue weighted by molar-refractivity contribution is 7.08. The molecule has 2 atom stereocenters. The second kappa shape index (κ2) is 10.6. The van der Waals surface area contributed by atoms with Gasteiger partial charge in [0.25, 0.3) is 5.91 Å². The first-order valence-electron chi connectivity index (χ1n) is 13.7. The Bertz CT molecular complexity index is 1880. The maximum absolute atomic E-state index is 14.7. The standard InChI is InChI=1S/C29H25F6N5O5S/c1-26(25(36)42)12-45-23-17(26)7-20(38-22(23)16-9-46-10-18(16)28(30,31)32)27(43,29(33,34)35)11-37-24(41)13-5-14-8-40(15-3-4-15)39-21(14)19(6-13)44-2/h5-10,15,43H,3-4,11-12H2,1-2H3,(H2,36,42)(H,37,41)/t26-,27-/m0/s1. The fourth-order valence-corrected chi connectivity index (χ4v) is 6.10. The van der Waals surface area contributed by atoms with Crippen LogP contribution in [0.25, 0.3) is 22.2 Å². The van der Waals surface area contributed by atoms with Gasteiger partial charge in [0.1, 0.15) is 34.7 Å². The number of benzene rings is 1. The Labute approximate surface area is 260 Å². The van der Waals surface area contributed by atoms with Crippen molar-refractivity contribution in [3.05, 3.63) is 57.5 Å². The lowest BCUT2D eigenvalue weighted by Gasteiger charge is -2.31. The molecule has 6 rings (SSSR count). The molecule has 4 N–H and O–H groups in total. The topological polar surface area (TPSA) is 142 Å². The second-order valence-corrected chi connectivity index (χ2v) is 12.2. The molecule has 1 aliphatic carbocycles. The normalized spacial score (nSPS) is 19.4. The molecule has 0 bridgehead atoms. The predicted octanol–water partition coefficient (Wildman–Crippen LogP) is 4.84. The number of carbonyl (C=O) groups is 2. The molecule has 2 aliphatic rings. The average Bonchev–Trinajstić information content (AvgIpc) is 3.38. The molecule has 3 aromatic heterocycles. The zero-order valence-corrected chi connectivity index (χ0v) is 24.9. The Hall–Kier alpha value is -4.38. The van der Waals surface area contributed by atoms with Crippen molar-refractivity contribution in [3.63, 3.8) is 0 Å². The molecule has 10 nitrogen and oxygen atoms in total. The van der Waals surface area contributed by atoms with E-state index in [4.69, 9.17) is 15.2 Å². The van der Waals surface area contributed by atoms with Gasteiger partial charge in [-0.05, 0) is 38.0 Å². The van der Waals surface area contributed by atoms with E-state index in [1.807, 2.05) is 0 Å². The van der Waals surface area contributed by atoms with Crippen molar-refractivity contribution in [2.75, 3.05) is 20.3 Å². The van der Waals surface area contributed by atoms with Crippen LogP contribution in [-0.2, 0) is 22.0 Å². The highest BCUT2D eigenvalue weighted by Gasteiger charge is 2.58. The van der Waals surface area contributed by atoms with Crippen molar-refractivity contribution in [1.29, 1.82) is 0 Å². The number of aromatic nitrogens is 3. The first-order valence-corrected chi connectivity index (χ1v) is 14.7. The van der Waals surface area contributed by atoms with E-state index in [0.717, 1.165) is 29.7 Å². The molecule has 1 fully saturated rings. The molecule has 0 spiro atoms. The highest BCUT2D eigenvalue weighted by atomic mass is 32.1. The SMILES string of the molecule is COc1cc(C(=O)NC[C@](O)(c2cc3c(c(-c4cscc4C(F)(F)F)n2)OC[C@]3(C)C(N)=O)C(F)(F)F)cc2cn(C3CC3)nc12. The van der Waals surface area contributed by atoms with Crippen molar-refractivity contribution in [2.24, 2.45) is 5.73 Å². The third-order valence-corrected chi connectivity index (χ3v) is 8.97. The third-order valence-electron chi connectivity index (χ3n) is 8.23. The van der Waals surface area contributed by atoms with Crippen molar-refractivity contribution in [1.82, 2.24) is 20.1 Å². The summed E-state index contributed by atoms with van der Waals surface area (Å²) in [7, 11) is 1.34. The number of hydrogen-bond donors (Lipinski definition) is 3. The van der Waals surface area contributed by atoms with Gasteiger partial charge in [-0.2, -0.15) is 42.8 Å². The molecule has 1 aromatic carbocycles. The minimum atomic E-state index is -5.52. The molecule has 4 aromatic rings. The van der Waals surface area contributed by atoms with Gasteiger partial charge in [0.2, 0.25) is 11.5 Å². The Morgan fingerprint density at radius 2 is 1.91 bits per heavy atom. The minimum Gasteiger partial charge on any atom is -0.494 e. The Balaban J connectivity index is 1.42. The number of pyridine rings is 1. The van der Waals surface area contributed by atoms with Gasteiger partial charge in [-0.25, -0.2) is 4.98 Å². The quantitative estimate of drug-likeness (QED) is 0.228. The van der Waals surface area contributed by atoms with E-state index < -0.39 is 70.8 Å². The zero-order valence-electron chi connectivity index (χ0n) is 24.0. The van der Waals surface area contributed by atoms with Crippen LogP contribution in [0.5, 0.6) is 11.5 Å². The molecule has 17 heteroatoms. The number of nitrogens with one attached hydrogen (secondary N) is 1. The van der Waals surface area contributed by atoms with Crippen LogP contribution in [0.15, 0.2) is 35.2 Å². The van der Waals surface area contributed by atoms with Crippen LogP contribution in [0.4, 0.5) is 26.3 Å². The number of rotatable bonds is 8. The van der Waals surface area contributed by atoms with Gasteiger partial charge in [-0.15, -0.1) is 0 Å². The number of alkyl halides is 6. The number of halogens is 6. The largest absolute Gasteiger partial charge is 0.494 e. The number of nitrogens with two attached hydrogens (primary N) is 1. The molecule has 46 heavy (non-hydrogen) atoms. The van der Waals surface area contributed by atoms with Gasteiger partial charge >= 0.3 is 12.4 Å². The average molecular weight is 670 g/mol. The lowest BCUT2D eigenvalue weighted by atomic mass is 9.81. The van der Waals surface area contributed by atoms with Gasteiger partial charge in [0, 0.05) is 39.0 Å². The summed E-state index contributed by atoms with van der Waals surface area (Å²) in [5.41, 5.74) is -3.82. The molecule has 1 saturated carbocycles. The number of amides is 2. The van der Waals surface area contributed by atoms with Gasteiger partial charge in [0.05, 0.1) is 31.0 Å². The maximum atomic E-state index is 14.7. The fourth-order valence-electron chi connectivity index (χ4n) is 5.26. The van der Waals surface area contributed by atoms with Crippen LogP contribution in [0, 0.1) is 0 Å². The number of carbonyl (C=O) groups excluding carboxylic acids is 2. The third kappa shape index (κ3) is 5.10. The fraction of sp³-hybridized carbons (Fsp3) is 0.379. The highest BCUT2D eigenvalue weighted by Crippen LogP contribution is 2.50. The van der Waals surface area contributed by atoms with Crippen LogP contribution in [0.3, 0.4) is 0 Å².